The van der Waals surface area contributed by atoms with Crippen molar-refractivity contribution in [1.82, 2.24) is 0 Å². The molecule has 0 saturated carbocycles. The van der Waals surface area contributed by atoms with Gasteiger partial charge in [-0.3, -0.25) is 6.08 Å². The monoisotopic (exact) mass is 562 g/mol. The first-order chi connectivity index (χ1) is 14.5. The molecule has 4 rings (SSSR count). The molecule has 0 amide bonds. The summed E-state index contributed by atoms with van der Waals surface area (Å²) in [6.07, 6.45) is 3.36. The Morgan fingerprint density at radius 3 is 2.00 bits per heavy atom. The molecule has 1 unspecified atom stereocenters. The van der Waals surface area contributed by atoms with Gasteiger partial charge in [-0.05, 0) is 17.7 Å². The van der Waals surface area contributed by atoms with Crippen molar-refractivity contribution in [2.75, 3.05) is 0 Å². The molecule has 0 bridgehead atoms. The zero-order chi connectivity index (χ0) is 23.3. The second-order valence-corrected chi connectivity index (χ2v) is 18.5. The molecule has 3 aromatic rings. The molecule has 0 saturated heterocycles. The second-order valence-electron chi connectivity index (χ2n) is 7.88. The average Bonchev–Trinajstić information content (AvgIpc) is 3.18. The van der Waals surface area contributed by atoms with E-state index in [0.717, 1.165) is 16.5 Å². The molecule has 160 valence electrons. The Morgan fingerprint density at radius 2 is 1.55 bits per heavy atom. The molecule has 31 heavy (non-hydrogen) atoms. The zero-order valence-corrected chi connectivity index (χ0v) is 24.6. The van der Waals surface area contributed by atoms with E-state index in [2.05, 4.69) is 65.1 Å². The Labute approximate surface area is 217 Å². The molecule has 1 aliphatic rings. The van der Waals surface area contributed by atoms with Gasteiger partial charge in [0.2, 0.25) is 0 Å². The van der Waals surface area contributed by atoms with Gasteiger partial charge in [-0.1, -0.05) is 67.6 Å². The van der Waals surface area contributed by atoms with Crippen molar-refractivity contribution in [1.29, 1.82) is 0 Å². The second kappa shape index (κ2) is 12.1. The van der Waals surface area contributed by atoms with Gasteiger partial charge in [0.05, 0.1) is 0 Å². The van der Waals surface area contributed by atoms with Crippen molar-refractivity contribution < 1.29 is 23.3 Å². The Balaban J connectivity index is 0.000000220. The van der Waals surface area contributed by atoms with Crippen molar-refractivity contribution in [2.45, 2.75) is 40.8 Å². The summed E-state index contributed by atoms with van der Waals surface area (Å²) >= 11 is 20.2. The Bertz CT molecular complexity index is 1130. The van der Waals surface area contributed by atoms with E-state index in [1.807, 2.05) is 18.2 Å². The maximum atomic E-state index is 6.26. The summed E-state index contributed by atoms with van der Waals surface area (Å²) in [5.74, 6) is 0.560. The minimum atomic E-state index is 0.210. The number of hydrogen-bond acceptors (Lipinski definition) is 0. The van der Waals surface area contributed by atoms with E-state index < -0.39 is 0 Å². The van der Waals surface area contributed by atoms with Crippen LogP contribution in [0.3, 0.4) is 0 Å². The summed E-state index contributed by atoms with van der Waals surface area (Å²) < 4.78 is 0. The molecule has 1 atom stereocenters. The molecular weight excluding hydrogens is 538 g/mol. The Morgan fingerprint density at radius 1 is 1.00 bits per heavy atom. The van der Waals surface area contributed by atoms with Gasteiger partial charge in [0.1, 0.15) is 0 Å². The van der Waals surface area contributed by atoms with Crippen LogP contribution in [0.15, 0.2) is 65.3 Å². The number of fused-ring (bicyclic) bond motifs is 1. The van der Waals surface area contributed by atoms with Crippen LogP contribution < -0.4 is 0 Å². The van der Waals surface area contributed by atoms with Crippen LogP contribution in [-0.2, 0) is 23.3 Å². The van der Waals surface area contributed by atoms with Crippen molar-refractivity contribution in [3.8, 4) is 11.1 Å². The van der Waals surface area contributed by atoms with Gasteiger partial charge in [0, 0.05) is 15.1 Å². The van der Waals surface area contributed by atoms with E-state index in [9.17, 15) is 0 Å². The molecular formula is C26H27Cl3SiZr. The van der Waals surface area contributed by atoms with Gasteiger partial charge in [-0.15, -0.1) is 53.6 Å². The molecule has 0 aliphatic heterocycles. The fourth-order valence-electron chi connectivity index (χ4n) is 3.33. The van der Waals surface area contributed by atoms with Crippen LogP contribution in [0.25, 0.3) is 21.9 Å². The van der Waals surface area contributed by atoms with Crippen molar-refractivity contribution in [2.24, 2.45) is 5.92 Å². The third-order valence-corrected chi connectivity index (χ3v) is 6.01. The van der Waals surface area contributed by atoms with Crippen LogP contribution in [0, 0.1) is 12.0 Å². The molecule has 0 N–H and O–H groups in total. The van der Waals surface area contributed by atoms with Crippen LogP contribution in [0.2, 0.25) is 28.2 Å². The van der Waals surface area contributed by atoms with Gasteiger partial charge in [-0.25, -0.2) is 5.57 Å². The number of halogens is 3. The van der Waals surface area contributed by atoms with Crippen LogP contribution >= 0.6 is 34.8 Å². The largest absolute Gasteiger partial charge is 0.150 e. The van der Waals surface area contributed by atoms with Crippen molar-refractivity contribution in [3.05, 3.63) is 86.4 Å². The third-order valence-electron chi connectivity index (χ3n) is 5.19. The summed E-state index contributed by atoms with van der Waals surface area (Å²) in [5, 5.41) is 4.01. The van der Waals surface area contributed by atoms with E-state index in [1.54, 1.807) is 35.5 Å². The average molecular weight is 565 g/mol. The summed E-state index contributed by atoms with van der Waals surface area (Å²) in [7, 11) is 0. The molecule has 0 radical (unpaired) electrons. The van der Waals surface area contributed by atoms with E-state index >= 15 is 0 Å². The predicted molar refractivity (Wildman–Crippen MR) is 137 cm³/mol. The van der Waals surface area contributed by atoms with E-state index in [1.165, 1.54) is 22.1 Å². The van der Waals surface area contributed by atoms with E-state index in [-0.39, 0.29) is 5.43 Å². The fourth-order valence-corrected chi connectivity index (χ4v) is 4.35. The number of hydrogen-bond donors (Lipinski definition) is 0. The van der Waals surface area contributed by atoms with Gasteiger partial charge in [0.15, 0.2) is 0 Å². The van der Waals surface area contributed by atoms with Crippen LogP contribution in [0.1, 0.15) is 27.7 Å². The summed E-state index contributed by atoms with van der Waals surface area (Å²) in [5.41, 5.74) is 6.33. The van der Waals surface area contributed by atoms with Crippen molar-refractivity contribution in [3.63, 3.8) is 0 Å². The Hall–Kier alpha value is -0.500. The summed E-state index contributed by atoms with van der Waals surface area (Å²) in [6.45, 7) is 13.3. The molecule has 0 heterocycles. The first kappa shape index (κ1) is 26.7. The van der Waals surface area contributed by atoms with Crippen molar-refractivity contribution >= 4 is 51.0 Å². The smallest absolute Gasteiger partial charge is 0.0435 e. The molecule has 3 aromatic carbocycles. The molecule has 0 spiro atoms. The Kier molecular flexibility index (Phi) is 10.4. The molecule has 0 fully saturated rings. The number of rotatable bonds is 1. The first-order valence-corrected chi connectivity index (χ1v) is 17.4. The van der Waals surface area contributed by atoms with Crippen LogP contribution in [-0.4, -0.2) is 5.43 Å². The van der Waals surface area contributed by atoms with Gasteiger partial charge >= 0.3 is 41.9 Å². The maximum absolute atomic E-state index is 6.26. The third kappa shape index (κ3) is 7.24. The topological polar surface area (TPSA) is 0 Å². The van der Waals surface area contributed by atoms with Gasteiger partial charge in [0.25, 0.3) is 0 Å². The minimum absolute atomic E-state index is 0.210. The van der Waals surface area contributed by atoms with Gasteiger partial charge < -0.3 is 0 Å². The predicted octanol–water partition coefficient (Wildman–Crippen LogP) is 9.69. The SMILES string of the molecule is CC1=[C-]C(C)C(C)=C1C.C[Si](C)=[Zr+2].Clc1cc(Cl)c(-c2c[cH-]c3ccccc23)c(Cl)c1. The summed E-state index contributed by atoms with van der Waals surface area (Å²) in [4.78, 5) is 0. The number of benzene rings is 2. The standard InChI is InChI=1S/C15H8Cl3.C9H13.C2H6Si.Zr/c16-10-7-13(17)15(14(18)8-10)12-6-5-9-3-1-2-4-11(9)12;1-6-5-7(2)9(4)8(6)3;1-3-2;/h1-8H;6H,1-4H3;1-2H3;/q2*-1;;+2. The fraction of sp³-hybridized carbons (Fsp3) is 0.269. The first-order valence-electron chi connectivity index (χ1n) is 10.1. The van der Waals surface area contributed by atoms with Crippen LogP contribution in [0.5, 0.6) is 0 Å². The molecule has 0 nitrogen and oxygen atoms in total. The van der Waals surface area contributed by atoms with E-state index in [4.69, 9.17) is 34.8 Å². The molecule has 5 heteroatoms. The number of allylic oxidation sites excluding steroid dienone is 4. The molecule has 1 aliphatic carbocycles. The summed E-state index contributed by atoms with van der Waals surface area (Å²) in [6, 6.07) is 15.7. The molecule has 0 aromatic heterocycles. The minimum Gasteiger partial charge on any atom is -0.150 e. The zero-order valence-electron chi connectivity index (χ0n) is 18.8. The van der Waals surface area contributed by atoms with Crippen LogP contribution in [0.4, 0.5) is 0 Å². The maximum Gasteiger partial charge on any atom is 0.0435 e. The van der Waals surface area contributed by atoms with Gasteiger partial charge in [-0.2, -0.15) is 11.1 Å². The normalized spacial score (nSPS) is 15.2. The van der Waals surface area contributed by atoms with E-state index in [0.29, 0.717) is 21.0 Å². The quantitative estimate of drug-likeness (QED) is 0.204.